The van der Waals surface area contributed by atoms with Crippen molar-refractivity contribution in [2.45, 2.75) is 45.7 Å². The van der Waals surface area contributed by atoms with Gasteiger partial charge in [0, 0.05) is 12.2 Å². The maximum absolute atomic E-state index is 12.6. The summed E-state index contributed by atoms with van der Waals surface area (Å²) in [6.07, 6.45) is 6.34. The predicted molar refractivity (Wildman–Crippen MR) is 79.1 cm³/mol. The van der Waals surface area contributed by atoms with Crippen molar-refractivity contribution >= 4 is 5.91 Å². The number of hydrogen-bond donors (Lipinski definition) is 0. The summed E-state index contributed by atoms with van der Waals surface area (Å²) in [5.41, 5.74) is 2.81. The summed E-state index contributed by atoms with van der Waals surface area (Å²) in [5.74, 6) is 0.0648. The van der Waals surface area contributed by atoms with E-state index in [4.69, 9.17) is 4.42 Å². The Labute approximate surface area is 124 Å². The maximum Gasteiger partial charge on any atom is 0.257 e. The number of piperidine rings is 1. The molecule has 21 heavy (non-hydrogen) atoms. The zero-order chi connectivity index (χ0) is 14.8. The van der Waals surface area contributed by atoms with E-state index in [2.05, 4.69) is 18.1 Å². The van der Waals surface area contributed by atoms with E-state index in [-0.39, 0.29) is 11.9 Å². The first kappa shape index (κ1) is 13.9. The van der Waals surface area contributed by atoms with Gasteiger partial charge in [0.25, 0.3) is 5.91 Å². The molecule has 0 saturated carbocycles. The van der Waals surface area contributed by atoms with Crippen molar-refractivity contribution in [3.8, 4) is 0 Å². The van der Waals surface area contributed by atoms with Crippen LogP contribution in [0.3, 0.4) is 0 Å². The van der Waals surface area contributed by atoms with Gasteiger partial charge in [-0.2, -0.15) is 5.10 Å². The lowest BCUT2D eigenvalue weighted by Crippen LogP contribution is -2.46. The van der Waals surface area contributed by atoms with Crippen molar-refractivity contribution in [1.29, 1.82) is 0 Å². The smallest absolute Gasteiger partial charge is 0.257 e. The number of amides is 1. The fourth-order valence-electron chi connectivity index (χ4n) is 3.07. The molecule has 5 nitrogen and oxygen atoms in total. The van der Waals surface area contributed by atoms with E-state index in [1.54, 1.807) is 12.3 Å². The quantitative estimate of drug-likeness (QED) is 0.872. The van der Waals surface area contributed by atoms with Gasteiger partial charge in [-0.3, -0.25) is 9.48 Å². The third-order valence-electron chi connectivity index (χ3n) is 4.14. The molecule has 0 unspecified atom stereocenters. The molecule has 3 heterocycles. The molecule has 0 aromatic carbocycles. The third kappa shape index (κ3) is 2.86. The van der Waals surface area contributed by atoms with Gasteiger partial charge in [0.15, 0.2) is 0 Å². The van der Waals surface area contributed by atoms with Gasteiger partial charge in [-0.15, -0.1) is 0 Å². The molecule has 1 fully saturated rings. The first-order valence-corrected chi connectivity index (χ1v) is 7.49. The Balaban J connectivity index is 1.78. The molecule has 0 spiro atoms. The van der Waals surface area contributed by atoms with E-state index in [1.165, 1.54) is 12.7 Å². The van der Waals surface area contributed by atoms with Gasteiger partial charge in [-0.25, -0.2) is 0 Å². The molecule has 2 aromatic rings. The van der Waals surface area contributed by atoms with Crippen LogP contribution in [0.4, 0.5) is 0 Å². The largest absolute Gasteiger partial charge is 0.472 e. The summed E-state index contributed by atoms with van der Waals surface area (Å²) in [5, 5.41) is 4.52. The van der Waals surface area contributed by atoms with Gasteiger partial charge in [-0.1, -0.05) is 0 Å². The van der Waals surface area contributed by atoms with E-state index < -0.39 is 0 Å². The minimum absolute atomic E-state index is 0.0648. The molecule has 0 N–H and O–H groups in total. The van der Waals surface area contributed by atoms with Gasteiger partial charge in [0.2, 0.25) is 0 Å². The number of aryl methyl sites for hydroxylation is 2. The Morgan fingerprint density at radius 2 is 2.29 bits per heavy atom. The Bertz CT molecular complexity index is 616. The Morgan fingerprint density at radius 3 is 2.95 bits per heavy atom. The van der Waals surface area contributed by atoms with Crippen molar-refractivity contribution < 1.29 is 9.21 Å². The highest BCUT2D eigenvalue weighted by atomic mass is 16.3. The van der Waals surface area contributed by atoms with E-state index in [1.807, 2.05) is 16.5 Å². The van der Waals surface area contributed by atoms with Crippen LogP contribution in [-0.2, 0) is 6.54 Å². The van der Waals surface area contributed by atoms with E-state index in [0.717, 1.165) is 37.3 Å². The molecule has 112 valence electrons. The van der Waals surface area contributed by atoms with E-state index >= 15 is 0 Å². The molecule has 1 aliphatic heterocycles. The standard InChI is InChI=1S/C16H21N3O2/c1-12-9-13(2)19(17-12)10-15-5-3-4-7-18(15)16(20)14-6-8-21-11-14/h6,8-9,11,15H,3-5,7,10H2,1-2H3/t15-/m0/s1. The lowest BCUT2D eigenvalue weighted by atomic mass is 10.0. The fourth-order valence-corrected chi connectivity index (χ4v) is 3.07. The van der Waals surface area contributed by atoms with Crippen LogP contribution in [0.1, 0.15) is 41.0 Å². The second kappa shape index (κ2) is 5.76. The van der Waals surface area contributed by atoms with Crippen LogP contribution < -0.4 is 0 Å². The number of carbonyl (C=O) groups is 1. The van der Waals surface area contributed by atoms with Crippen LogP contribution in [0.15, 0.2) is 29.1 Å². The summed E-state index contributed by atoms with van der Waals surface area (Å²) in [6.45, 7) is 5.64. The number of likely N-dealkylation sites (tertiary alicyclic amines) is 1. The van der Waals surface area contributed by atoms with Crippen LogP contribution in [0.2, 0.25) is 0 Å². The van der Waals surface area contributed by atoms with Crippen molar-refractivity contribution in [2.75, 3.05) is 6.54 Å². The van der Waals surface area contributed by atoms with Gasteiger partial charge >= 0.3 is 0 Å². The molecule has 0 aliphatic carbocycles. The molecule has 5 heteroatoms. The van der Waals surface area contributed by atoms with Crippen LogP contribution in [0, 0.1) is 13.8 Å². The Kier molecular flexibility index (Phi) is 3.82. The number of aromatic nitrogens is 2. The van der Waals surface area contributed by atoms with Crippen LogP contribution in [0.25, 0.3) is 0 Å². The third-order valence-corrected chi connectivity index (χ3v) is 4.14. The molecule has 1 aliphatic rings. The molecule has 0 bridgehead atoms. The monoisotopic (exact) mass is 287 g/mol. The molecule has 1 atom stereocenters. The topological polar surface area (TPSA) is 51.3 Å². The molecule has 1 saturated heterocycles. The summed E-state index contributed by atoms with van der Waals surface area (Å²) < 4.78 is 7.05. The first-order chi connectivity index (χ1) is 10.1. The second-order valence-corrected chi connectivity index (χ2v) is 5.77. The molecule has 2 aromatic heterocycles. The van der Waals surface area contributed by atoms with Crippen molar-refractivity contribution in [2.24, 2.45) is 0 Å². The minimum atomic E-state index is 0.0648. The molecule has 0 radical (unpaired) electrons. The second-order valence-electron chi connectivity index (χ2n) is 5.77. The normalized spacial score (nSPS) is 19.0. The van der Waals surface area contributed by atoms with Crippen molar-refractivity contribution in [3.05, 3.63) is 41.6 Å². The Hall–Kier alpha value is -2.04. The van der Waals surface area contributed by atoms with Crippen molar-refractivity contribution in [1.82, 2.24) is 14.7 Å². The van der Waals surface area contributed by atoms with E-state index in [0.29, 0.717) is 5.56 Å². The highest BCUT2D eigenvalue weighted by Crippen LogP contribution is 2.21. The molecule has 1 amide bonds. The van der Waals surface area contributed by atoms with Gasteiger partial charge in [-0.05, 0) is 45.2 Å². The highest BCUT2D eigenvalue weighted by Gasteiger charge is 2.28. The number of rotatable bonds is 3. The fraction of sp³-hybridized carbons (Fsp3) is 0.500. The lowest BCUT2D eigenvalue weighted by Gasteiger charge is -2.35. The minimum Gasteiger partial charge on any atom is -0.472 e. The Morgan fingerprint density at radius 1 is 1.43 bits per heavy atom. The van der Waals surface area contributed by atoms with Gasteiger partial charge in [0.1, 0.15) is 6.26 Å². The number of carbonyl (C=O) groups excluding carboxylic acids is 1. The SMILES string of the molecule is Cc1cc(C)n(C[C@@H]2CCCCN2C(=O)c2ccoc2)n1. The average Bonchev–Trinajstić information content (AvgIpc) is 3.09. The zero-order valence-electron chi connectivity index (χ0n) is 12.6. The average molecular weight is 287 g/mol. The number of hydrogen-bond acceptors (Lipinski definition) is 3. The summed E-state index contributed by atoms with van der Waals surface area (Å²) in [4.78, 5) is 14.6. The highest BCUT2D eigenvalue weighted by molar-refractivity contribution is 5.94. The van der Waals surface area contributed by atoms with Crippen LogP contribution in [-0.4, -0.2) is 33.2 Å². The molecular weight excluding hydrogens is 266 g/mol. The van der Waals surface area contributed by atoms with E-state index in [9.17, 15) is 4.79 Å². The van der Waals surface area contributed by atoms with Crippen LogP contribution >= 0.6 is 0 Å². The zero-order valence-corrected chi connectivity index (χ0v) is 12.6. The molecular formula is C16H21N3O2. The molecule has 3 rings (SSSR count). The van der Waals surface area contributed by atoms with Gasteiger partial charge < -0.3 is 9.32 Å². The summed E-state index contributed by atoms with van der Waals surface area (Å²) in [6, 6.07) is 4.02. The maximum atomic E-state index is 12.6. The summed E-state index contributed by atoms with van der Waals surface area (Å²) >= 11 is 0. The van der Waals surface area contributed by atoms with Crippen LogP contribution in [0.5, 0.6) is 0 Å². The lowest BCUT2D eigenvalue weighted by molar-refractivity contribution is 0.0582. The first-order valence-electron chi connectivity index (χ1n) is 7.49. The number of nitrogens with zero attached hydrogens (tertiary/aromatic N) is 3. The predicted octanol–water partition coefficient (Wildman–Crippen LogP) is 2.79. The number of furan rings is 1. The summed E-state index contributed by atoms with van der Waals surface area (Å²) in [7, 11) is 0. The van der Waals surface area contributed by atoms with Gasteiger partial charge in [0.05, 0.1) is 30.1 Å². The van der Waals surface area contributed by atoms with Crippen molar-refractivity contribution in [3.63, 3.8) is 0 Å².